The summed E-state index contributed by atoms with van der Waals surface area (Å²) in [4.78, 5) is 21.7. The summed E-state index contributed by atoms with van der Waals surface area (Å²) in [7, 11) is 0. The van der Waals surface area contributed by atoms with Crippen molar-refractivity contribution in [3.63, 3.8) is 0 Å². The molecule has 0 aliphatic heterocycles. The van der Waals surface area contributed by atoms with Crippen molar-refractivity contribution >= 4 is 18.3 Å². The van der Waals surface area contributed by atoms with Crippen molar-refractivity contribution in [3.8, 4) is 0 Å². The van der Waals surface area contributed by atoms with Gasteiger partial charge in [-0.2, -0.15) is 0 Å². The van der Waals surface area contributed by atoms with Gasteiger partial charge >= 0.3 is 5.97 Å². The van der Waals surface area contributed by atoms with Gasteiger partial charge < -0.3 is 4.74 Å². The Hall–Kier alpha value is -1.90. The second-order valence-corrected chi connectivity index (χ2v) is 3.65. The van der Waals surface area contributed by atoms with E-state index in [1.807, 2.05) is 25.1 Å². The van der Waals surface area contributed by atoms with Crippen LogP contribution in [0.15, 0.2) is 24.3 Å². The first-order chi connectivity index (χ1) is 8.17. The number of aryl methyl sites for hydroxylation is 1. The molecule has 3 heteroatoms. The lowest BCUT2D eigenvalue weighted by atomic mass is 10.1. The van der Waals surface area contributed by atoms with Crippen molar-refractivity contribution in [1.82, 2.24) is 0 Å². The normalized spacial score (nSPS) is 10.5. The lowest BCUT2D eigenvalue weighted by molar-refractivity contribution is -0.142. The van der Waals surface area contributed by atoms with E-state index >= 15 is 0 Å². The fourth-order valence-electron chi connectivity index (χ4n) is 1.45. The zero-order valence-electron chi connectivity index (χ0n) is 10.1. The predicted molar refractivity (Wildman–Crippen MR) is 66.9 cm³/mol. The Morgan fingerprint density at radius 3 is 2.76 bits per heavy atom. The molecule has 17 heavy (non-hydrogen) atoms. The molecule has 0 aliphatic carbocycles. The van der Waals surface area contributed by atoms with E-state index in [-0.39, 0.29) is 12.4 Å². The highest BCUT2D eigenvalue weighted by atomic mass is 16.5. The van der Waals surface area contributed by atoms with E-state index < -0.39 is 0 Å². The molecule has 0 radical (unpaired) electrons. The van der Waals surface area contributed by atoms with E-state index in [1.165, 1.54) is 0 Å². The SMILES string of the molecule is CCOC(=O)CC=Cc1ccc(C=O)c(C)c1. The predicted octanol–water partition coefficient (Wildman–Crippen LogP) is 2.77. The molecule has 1 rings (SSSR count). The number of benzene rings is 1. The fourth-order valence-corrected chi connectivity index (χ4v) is 1.45. The molecule has 0 amide bonds. The zero-order valence-corrected chi connectivity index (χ0v) is 10.1. The Labute approximate surface area is 101 Å². The van der Waals surface area contributed by atoms with Crippen molar-refractivity contribution in [3.05, 3.63) is 41.0 Å². The molecular weight excluding hydrogens is 216 g/mol. The smallest absolute Gasteiger partial charge is 0.309 e. The lowest BCUT2D eigenvalue weighted by Crippen LogP contribution is -2.01. The van der Waals surface area contributed by atoms with Crippen LogP contribution in [-0.2, 0) is 9.53 Å². The molecule has 0 fully saturated rings. The van der Waals surface area contributed by atoms with E-state index in [0.29, 0.717) is 12.2 Å². The van der Waals surface area contributed by atoms with Gasteiger partial charge in [0.2, 0.25) is 0 Å². The monoisotopic (exact) mass is 232 g/mol. The van der Waals surface area contributed by atoms with Gasteiger partial charge in [-0.15, -0.1) is 0 Å². The Kier molecular flexibility index (Phi) is 5.14. The van der Waals surface area contributed by atoms with Gasteiger partial charge in [-0.25, -0.2) is 0 Å². The number of aldehydes is 1. The maximum Gasteiger partial charge on any atom is 0.309 e. The molecule has 0 saturated carbocycles. The first-order valence-electron chi connectivity index (χ1n) is 5.55. The molecule has 0 spiro atoms. The number of carbonyl (C=O) groups is 2. The molecular formula is C14H16O3. The topological polar surface area (TPSA) is 43.4 Å². The second-order valence-electron chi connectivity index (χ2n) is 3.65. The Morgan fingerprint density at radius 2 is 2.18 bits per heavy atom. The highest BCUT2D eigenvalue weighted by Gasteiger charge is 1.98. The Balaban J connectivity index is 2.63. The van der Waals surface area contributed by atoms with Crippen molar-refractivity contribution < 1.29 is 14.3 Å². The van der Waals surface area contributed by atoms with Gasteiger partial charge in [-0.1, -0.05) is 30.4 Å². The number of ether oxygens (including phenoxy) is 1. The van der Waals surface area contributed by atoms with Gasteiger partial charge in [0, 0.05) is 5.56 Å². The Morgan fingerprint density at radius 1 is 1.41 bits per heavy atom. The second kappa shape index (κ2) is 6.63. The highest BCUT2D eigenvalue weighted by Crippen LogP contribution is 2.11. The minimum absolute atomic E-state index is 0.231. The van der Waals surface area contributed by atoms with Crippen molar-refractivity contribution in [2.24, 2.45) is 0 Å². The van der Waals surface area contributed by atoms with Crippen LogP contribution in [-0.4, -0.2) is 18.9 Å². The van der Waals surface area contributed by atoms with Crippen LogP contribution in [0.3, 0.4) is 0 Å². The third-order valence-electron chi connectivity index (χ3n) is 2.32. The minimum Gasteiger partial charge on any atom is -0.466 e. The van der Waals surface area contributed by atoms with Crippen molar-refractivity contribution in [2.45, 2.75) is 20.3 Å². The minimum atomic E-state index is -0.231. The number of carbonyl (C=O) groups excluding carboxylic acids is 2. The standard InChI is InChI=1S/C14H16O3/c1-3-17-14(16)6-4-5-12-7-8-13(10-15)11(2)9-12/h4-5,7-10H,3,6H2,1-2H3. The number of hydrogen-bond donors (Lipinski definition) is 0. The summed E-state index contributed by atoms with van der Waals surface area (Å²) in [5.74, 6) is -0.231. The molecule has 0 atom stereocenters. The highest BCUT2D eigenvalue weighted by molar-refractivity contribution is 5.78. The molecule has 0 heterocycles. The third kappa shape index (κ3) is 4.23. The van der Waals surface area contributed by atoms with E-state index in [2.05, 4.69) is 0 Å². The first kappa shape index (κ1) is 13.2. The van der Waals surface area contributed by atoms with Crippen LogP contribution >= 0.6 is 0 Å². The molecule has 0 aromatic heterocycles. The molecule has 0 unspecified atom stereocenters. The summed E-state index contributed by atoms with van der Waals surface area (Å²) in [6.07, 6.45) is 4.70. The molecule has 0 aliphatic rings. The largest absolute Gasteiger partial charge is 0.466 e. The zero-order chi connectivity index (χ0) is 12.7. The maximum absolute atomic E-state index is 11.1. The van der Waals surface area contributed by atoms with Gasteiger partial charge in [0.15, 0.2) is 0 Å². The summed E-state index contributed by atoms with van der Waals surface area (Å²) in [6, 6.07) is 5.52. The summed E-state index contributed by atoms with van der Waals surface area (Å²) in [6.45, 7) is 4.06. The summed E-state index contributed by atoms with van der Waals surface area (Å²) in [5.41, 5.74) is 2.59. The Bertz CT molecular complexity index is 433. The number of esters is 1. The van der Waals surface area contributed by atoms with Crippen LogP contribution < -0.4 is 0 Å². The van der Waals surface area contributed by atoms with Crippen molar-refractivity contribution in [1.29, 1.82) is 0 Å². The lowest BCUT2D eigenvalue weighted by Gasteiger charge is -2.00. The van der Waals surface area contributed by atoms with Crippen LogP contribution in [0.5, 0.6) is 0 Å². The average Bonchev–Trinajstić information content (AvgIpc) is 2.29. The van der Waals surface area contributed by atoms with Crippen LogP contribution in [0.25, 0.3) is 6.08 Å². The number of hydrogen-bond acceptors (Lipinski definition) is 3. The summed E-state index contributed by atoms with van der Waals surface area (Å²) >= 11 is 0. The summed E-state index contributed by atoms with van der Waals surface area (Å²) in [5, 5.41) is 0. The third-order valence-corrected chi connectivity index (χ3v) is 2.32. The van der Waals surface area contributed by atoms with Crippen LogP contribution in [0, 0.1) is 6.92 Å². The van der Waals surface area contributed by atoms with Gasteiger partial charge in [0.25, 0.3) is 0 Å². The first-order valence-corrected chi connectivity index (χ1v) is 5.55. The maximum atomic E-state index is 11.1. The van der Waals surface area contributed by atoms with Gasteiger partial charge in [-0.3, -0.25) is 9.59 Å². The van der Waals surface area contributed by atoms with Crippen LogP contribution in [0.2, 0.25) is 0 Å². The van der Waals surface area contributed by atoms with Gasteiger partial charge in [-0.05, 0) is 25.0 Å². The van der Waals surface area contributed by atoms with Gasteiger partial charge in [0.1, 0.15) is 6.29 Å². The van der Waals surface area contributed by atoms with Crippen LogP contribution in [0.4, 0.5) is 0 Å². The summed E-state index contributed by atoms with van der Waals surface area (Å²) < 4.78 is 4.80. The molecule has 90 valence electrons. The van der Waals surface area contributed by atoms with Crippen molar-refractivity contribution in [2.75, 3.05) is 6.61 Å². The van der Waals surface area contributed by atoms with E-state index in [0.717, 1.165) is 17.4 Å². The van der Waals surface area contributed by atoms with Gasteiger partial charge in [0.05, 0.1) is 13.0 Å². The molecule has 0 N–H and O–H groups in total. The fraction of sp³-hybridized carbons (Fsp3) is 0.286. The molecule has 0 bridgehead atoms. The van der Waals surface area contributed by atoms with E-state index in [4.69, 9.17) is 4.74 Å². The quantitative estimate of drug-likeness (QED) is 0.579. The van der Waals surface area contributed by atoms with E-state index in [9.17, 15) is 9.59 Å². The molecule has 0 saturated heterocycles. The number of rotatable bonds is 5. The van der Waals surface area contributed by atoms with Crippen LogP contribution in [0.1, 0.15) is 34.8 Å². The molecule has 1 aromatic rings. The molecule has 1 aromatic carbocycles. The average molecular weight is 232 g/mol. The molecule has 3 nitrogen and oxygen atoms in total. The van der Waals surface area contributed by atoms with E-state index in [1.54, 1.807) is 19.1 Å².